The first-order chi connectivity index (χ1) is 9.74. The van der Waals surface area contributed by atoms with Gasteiger partial charge >= 0.3 is 0 Å². The van der Waals surface area contributed by atoms with Gasteiger partial charge in [0.05, 0.1) is 19.4 Å². The maximum atomic E-state index is 5.49. The molecule has 5 heteroatoms. The summed E-state index contributed by atoms with van der Waals surface area (Å²) in [5, 5.41) is 3.33. The lowest BCUT2D eigenvalue weighted by atomic mass is 10.2. The Morgan fingerprint density at radius 1 is 1.30 bits per heavy atom. The van der Waals surface area contributed by atoms with Crippen molar-refractivity contribution in [3.63, 3.8) is 0 Å². The summed E-state index contributed by atoms with van der Waals surface area (Å²) in [6.07, 6.45) is 1.72. The SMILES string of the molecule is CCOc1ncccc1NCc1cc(OC)ccc1Br. The van der Waals surface area contributed by atoms with Crippen molar-refractivity contribution in [1.82, 2.24) is 4.98 Å². The third-order valence-electron chi connectivity index (χ3n) is 2.77. The lowest BCUT2D eigenvalue weighted by Crippen LogP contribution is -2.04. The van der Waals surface area contributed by atoms with Crippen molar-refractivity contribution < 1.29 is 9.47 Å². The minimum absolute atomic E-state index is 0.592. The van der Waals surface area contributed by atoms with Crippen molar-refractivity contribution >= 4 is 21.6 Å². The van der Waals surface area contributed by atoms with Crippen molar-refractivity contribution in [3.8, 4) is 11.6 Å². The van der Waals surface area contributed by atoms with Gasteiger partial charge in [0.2, 0.25) is 5.88 Å². The number of halogens is 1. The molecule has 2 rings (SSSR count). The summed E-state index contributed by atoms with van der Waals surface area (Å²) in [6, 6.07) is 9.72. The number of hydrogen-bond acceptors (Lipinski definition) is 4. The van der Waals surface area contributed by atoms with Gasteiger partial charge in [-0.15, -0.1) is 0 Å². The maximum Gasteiger partial charge on any atom is 0.237 e. The Balaban J connectivity index is 2.12. The van der Waals surface area contributed by atoms with E-state index in [0.29, 0.717) is 19.0 Å². The number of nitrogens with one attached hydrogen (secondary N) is 1. The van der Waals surface area contributed by atoms with Crippen LogP contribution in [-0.4, -0.2) is 18.7 Å². The summed E-state index contributed by atoms with van der Waals surface area (Å²) in [7, 11) is 1.66. The zero-order valence-corrected chi connectivity index (χ0v) is 13.1. The van der Waals surface area contributed by atoms with Gasteiger partial charge in [-0.3, -0.25) is 0 Å². The van der Waals surface area contributed by atoms with Crippen molar-refractivity contribution in [2.75, 3.05) is 19.0 Å². The molecule has 0 spiro atoms. The molecule has 1 N–H and O–H groups in total. The van der Waals surface area contributed by atoms with Crippen LogP contribution in [0.15, 0.2) is 41.0 Å². The molecule has 4 nitrogen and oxygen atoms in total. The second kappa shape index (κ2) is 7.14. The molecule has 0 aliphatic heterocycles. The van der Waals surface area contributed by atoms with Gasteiger partial charge in [0.15, 0.2) is 0 Å². The lowest BCUT2D eigenvalue weighted by Gasteiger charge is -2.12. The Morgan fingerprint density at radius 2 is 2.15 bits per heavy atom. The fourth-order valence-corrected chi connectivity index (χ4v) is 2.17. The molecule has 0 amide bonds. The molecule has 20 heavy (non-hydrogen) atoms. The molecule has 2 aromatic rings. The van der Waals surface area contributed by atoms with E-state index in [1.807, 2.05) is 37.3 Å². The number of ether oxygens (including phenoxy) is 2. The van der Waals surface area contributed by atoms with Crippen LogP contribution < -0.4 is 14.8 Å². The van der Waals surface area contributed by atoms with Crippen LogP contribution in [-0.2, 0) is 6.54 Å². The highest BCUT2D eigenvalue weighted by Gasteiger charge is 2.06. The number of rotatable bonds is 6. The Labute approximate surface area is 127 Å². The Hall–Kier alpha value is -1.75. The van der Waals surface area contributed by atoms with Crippen LogP contribution in [0.4, 0.5) is 5.69 Å². The van der Waals surface area contributed by atoms with E-state index < -0.39 is 0 Å². The summed E-state index contributed by atoms with van der Waals surface area (Å²) in [6.45, 7) is 3.19. The van der Waals surface area contributed by atoms with E-state index in [9.17, 15) is 0 Å². The number of aromatic nitrogens is 1. The number of pyridine rings is 1. The third kappa shape index (κ3) is 3.63. The normalized spacial score (nSPS) is 10.2. The van der Waals surface area contributed by atoms with Crippen LogP contribution >= 0.6 is 15.9 Å². The van der Waals surface area contributed by atoms with Crippen LogP contribution in [0.25, 0.3) is 0 Å². The molecule has 0 radical (unpaired) electrons. The molecule has 1 heterocycles. The Kier molecular flexibility index (Phi) is 5.24. The molecule has 0 fully saturated rings. The van der Waals surface area contributed by atoms with Crippen molar-refractivity contribution in [2.24, 2.45) is 0 Å². The summed E-state index contributed by atoms with van der Waals surface area (Å²) in [5.74, 6) is 1.45. The van der Waals surface area contributed by atoms with Gasteiger partial charge < -0.3 is 14.8 Å². The number of methoxy groups -OCH3 is 1. The van der Waals surface area contributed by atoms with Crippen molar-refractivity contribution in [2.45, 2.75) is 13.5 Å². The van der Waals surface area contributed by atoms with Crippen molar-refractivity contribution in [1.29, 1.82) is 0 Å². The van der Waals surface area contributed by atoms with Gasteiger partial charge in [-0.05, 0) is 42.8 Å². The van der Waals surface area contributed by atoms with Gasteiger partial charge in [-0.25, -0.2) is 4.98 Å². The Morgan fingerprint density at radius 3 is 2.90 bits per heavy atom. The quantitative estimate of drug-likeness (QED) is 0.869. The summed E-state index contributed by atoms with van der Waals surface area (Å²) >= 11 is 3.54. The molecule has 0 saturated heterocycles. The monoisotopic (exact) mass is 336 g/mol. The van der Waals surface area contributed by atoms with E-state index in [1.54, 1.807) is 13.3 Å². The molecular formula is C15H17BrN2O2. The van der Waals surface area contributed by atoms with Crippen LogP contribution in [0.5, 0.6) is 11.6 Å². The van der Waals surface area contributed by atoms with Crippen molar-refractivity contribution in [3.05, 3.63) is 46.6 Å². The number of anilines is 1. The number of hydrogen-bond donors (Lipinski definition) is 1. The van der Waals surface area contributed by atoms with E-state index in [1.165, 1.54) is 0 Å². The minimum Gasteiger partial charge on any atom is -0.497 e. The molecule has 0 aliphatic carbocycles. The zero-order valence-electron chi connectivity index (χ0n) is 11.5. The second-order valence-corrected chi connectivity index (χ2v) is 4.95. The largest absolute Gasteiger partial charge is 0.497 e. The van der Waals surface area contributed by atoms with Crippen LogP contribution in [0, 0.1) is 0 Å². The number of benzene rings is 1. The molecule has 0 saturated carbocycles. The van der Waals surface area contributed by atoms with Gasteiger partial charge in [-0.1, -0.05) is 15.9 Å². The fraction of sp³-hybridized carbons (Fsp3) is 0.267. The highest BCUT2D eigenvalue weighted by atomic mass is 79.9. The highest BCUT2D eigenvalue weighted by Crippen LogP contribution is 2.25. The standard InChI is InChI=1S/C15H17BrN2O2/c1-3-20-15-14(5-4-8-17-15)18-10-11-9-12(19-2)6-7-13(11)16/h4-9,18H,3,10H2,1-2H3. The fourth-order valence-electron chi connectivity index (χ4n) is 1.78. The topological polar surface area (TPSA) is 43.4 Å². The summed E-state index contributed by atoms with van der Waals surface area (Å²) < 4.78 is 11.8. The predicted octanol–water partition coefficient (Wildman–Crippen LogP) is 3.86. The smallest absolute Gasteiger partial charge is 0.237 e. The zero-order chi connectivity index (χ0) is 14.4. The summed E-state index contributed by atoms with van der Waals surface area (Å²) in [4.78, 5) is 4.22. The van der Waals surface area contributed by atoms with Gasteiger partial charge in [0, 0.05) is 17.2 Å². The predicted molar refractivity (Wildman–Crippen MR) is 83.4 cm³/mol. The van der Waals surface area contributed by atoms with Crippen LogP contribution in [0.3, 0.4) is 0 Å². The molecule has 0 aliphatic rings. The number of nitrogens with zero attached hydrogens (tertiary/aromatic N) is 1. The first kappa shape index (κ1) is 14.7. The molecule has 1 aromatic heterocycles. The molecule has 1 aromatic carbocycles. The highest BCUT2D eigenvalue weighted by molar-refractivity contribution is 9.10. The summed E-state index contributed by atoms with van der Waals surface area (Å²) in [5.41, 5.74) is 1.99. The van der Waals surface area contributed by atoms with E-state index in [2.05, 4.69) is 26.2 Å². The molecule has 106 valence electrons. The average Bonchev–Trinajstić information content (AvgIpc) is 2.48. The van der Waals surface area contributed by atoms with E-state index >= 15 is 0 Å². The second-order valence-electron chi connectivity index (χ2n) is 4.10. The minimum atomic E-state index is 0.592. The molecule has 0 atom stereocenters. The maximum absolute atomic E-state index is 5.49. The van der Waals surface area contributed by atoms with Crippen LogP contribution in [0.1, 0.15) is 12.5 Å². The first-order valence-electron chi connectivity index (χ1n) is 6.38. The average molecular weight is 337 g/mol. The Bertz CT molecular complexity index is 576. The molecule has 0 unspecified atom stereocenters. The molecular weight excluding hydrogens is 320 g/mol. The van der Waals surface area contributed by atoms with E-state index in [0.717, 1.165) is 21.5 Å². The molecule has 0 bridgehead atoms. The van der Waals surface area contributed by atoms with E-state index in [4.69, 9.17) is 9.47 Å². The van der Waals surface area contributed by atoms with Crippen LogP contribution in [0.2, 0.25) is 0 Å². The van der Waals surface area contributed by atoms with E-state index in [-0.39, 0.29) is 0 Å². The van der Waals surface area contributed by atoms with Gasteiger partial charge in [0.1, 0.15) is 5.75 Å². The first-order valence-corrected chi connectivity index (χ1v) is 7.18. The third-order valence-corrected chi connectivity index (χ3v) is 3.55. The van der Waals surface area contributed by atoms with Gasteiger partial charge in [-0.2, -0.15) is 0 Å². The van der Waals surface area contributed by atoms with Gasteiger partial charge in [0.25, 0.3) is 0 Å². The lowest BCUT2D eigenvalue weighted by molar-refractivity contribution is 0.328.